The molecule has 0 atom stereocenters. The molecule has 1 saturated carbocycles. The van der Waals surface area contributed by atoms with Crippen LogP contribution >= 0.6 is 0 Å². The van der Waals surface area contributed by atoms with Crippen LogP contribution in [-0.4, -0.2) is 23.7 Å². The summed E-state index contributed by atoms with van der Waals surface area (Å²) in [4.78, 5) is 11.2. The SMILES string of the molecule is COc1cccc(NC2(C(=O)O)CCC2)c1. The Labute approximate surface area is 94.2 Å². The second-order valence-electron chi connectivity index (χ2n) is 4.10. The molecule has 1 aliphatic rings. The van der Waals surface area contributed by atoms with Crippen molar-refractivity contribution in [1.82, 2.24) is 0 Å². The number of carboxylic acids is 1. The van der Waals surface area contributed by atoms with E-state index in [0.29, 0.717) is 12.8 Å². The first-order valence-corrected chi connectivity index (χ1v) is 5.32. The van der Waals surface area contributed by atoms with Crippen LogP contribution in [0.1, 0.15) is 19.3 Å². The zero-order valence-electron chi connectivity index (χ0n) is 9.19. The second kappa shape index (κ2) is 4.04. The molecular weight excluding hydrogens is 206 g/mol. The maximum atomic E-state index is 11.2. The Bertz CT molecular complexity index is 399. The third-order valence-electron chi connectivity index (χ3n) is 3.07. The van der Waals surface area contributed by atoms with E-state index in [1.165, 1.54) is 0 Å². The summed E-state index contributed by atoms with van der Waals surface area (Å²) in [6, 6.07) is 7.34. The Morgan fingerprint density at radius 1 is 1.50 bits per heavy atom. The molecule has 4 heteroatoms. The smallest absolute Gasteiger partial charge is 0.329 e. The maximum absolute atomic E-state index is 11.2. The summed E-state index contributed by atoms with van der Waals surface area (Å²) in [6.07, 6.45) is 2.32. The molecule has 0 unspecified atom stereocenters. The molecule has 4 nitrogen and oxygen atoms in total. The highest BCUT2D eigenvalue weighted by molar-refractivity contribution is 5.84. The number of aliphatic carboxylic acids is 1. The monoisotopic (exact) mass is 221 g/mol. The minimum Gasteiger partial charge on any atom is -0.497 e. The molecule has 0 heterocycles. The number of nitrogens with one attached hydrogen (secondary N) is 1. The Hall–Kier alpha value is -1.71. The third kappa shape index (κ3) is 1.83. The van der Waals surface area contributed by atoms with Gasteiger partial charge >= 0.3 is 5.97 Å². The van der Waals surface area contributed by atoms with E-state index in [4.69, 9.17) is 4.74 Å². The van der Waals surface area contributed by atoms with E-state index in [-0.39, 0.29) is 0 Å². The van der Waals surface area contributed by atoms with Gasteiger partial charge in [0.1, 0.15) is 11.3 Å². The van der Waals surface area contributed by atoms with Crippen molar-refractivity contribution < 1.29 is 14.6 Å². The highest BCUT2D eigenvalue weighted by Gasteiger charge is 2.44. The fourth-order valence-corrected chi connectivity index (χ4v) is 1.90. The molecular formula is C12H15NO3. The van der Waals surface area contributed by atoms with Gasteiger partial charge in [0, 0.05) is 11.8 Å². The molecule has 1 fully saturated rings. The summed E-state index contributed by atoms with van der Waals surface area (Å²) in [6.45, 7) is 0. The molecule has 0 aromatic heterocycles. The molecule has 0 saturated heterocycles. The summed E-state index contributed by atoms with van der Waals surface area (Å²) in [5.74, 6) is -0.0496. The van der Waals surface area contributed by atoms with Crippen molar-refractivity contribution >= 4 is 11.7 Å². The van der Waals surface area contributed by atoms with Gasteiger partial charge in [-0.25, -0.2) is 4.79 Å². The zero-order valence-corrected chi connectivity index (χ0v) is 9.19. The Balaban J connectivity index is 2.16. The lowest BCUT2D eigenvalue weighted by atomic mass is 9.76. The number of carbonyl (C=O) groups is 1. The summed E-state index contributed by atoms with van der Waals surface area (Å²) in [7, 11) is 1.59. The van der Waals surface area contributed by atoms with Crippen LogP contribution in [0.3, 0.4) is 0 Å². The van der Waals surface area contributed by atoms with Crippen molar-refractivity contribution in [3.05, 3.63) is 24.3 Å². The summed E-state index contributed by atoms with van der Waals surface area (Å²) >= 11 is 0. The largest absolute Gasteiger partial charge is 0.497 e. The number of methoxy groups -OCH3 is 1. The van der Waals surface area contributed by atoms with Crippen molar-refractivity contribution in [3.8, 4) is 5.75 Å². The standard InChI is InChI=1S/C12H15NO3/c1-16-10-5-2-4-9(8-10)13-12(11(14)15)6-3-7-12/h2,4-5,8,13H,3,6-7H2,1H3,(H,14,15). The number of rotatable bonds is 4. The van der Waals surface area contributed by atoms with Crippen molar-refractivity contribution in [3.63, 3.8) is 0 Å². The molecule has 2 rings (SSSR count). The van der Waals surface area contributed by atoms with E-state index < -0.39 is 11.5 Å². The molecule has 1 aliphatic carbocycles. The van der Waals surface area contributed by atoms with Crippen LogP contribution in [0.5, 0.6) is 5.75 Å². The first kappa shape index (κ1) is 10.8. The van der Waals surface area contributed by atoms with Crippen molar-refractivity contribution in [2.45, 2.75) is 24.8 Å². The van der Waals surface area contributed by atoms with Gasteiger partial charge in [0.15, 0.2) is 0 Å². The molecule has 1 aromatic carbocycles. The maximum Gasteiger partial charge on any atom is 0.329 e. The van der Waals surface area contributed by atoms with Crippen LogP contribution in [-0.2, 0) is 4.79 Å². The fraction of sp³-hybridized carbons (Fsp3) is 0.417. The third-order valence-corrected chi connectivity index (χ3v) is 3.07. The van der Waals surface area contributed by atoms with Crippen molar-refractivity contribution in [2.24, 2.45) is 0 Å². The van der Waals surface area contributed by atoms with E-state index in [0.717, 1.165) is 17.9 Å². The fourth-order valence-electron chi connectivity index (χ4n) is 1.90. The van der Waals surface area contributed by atoms with Gasteiger partial charge in [-0.05, 0) is 31.4 Å². The average molecular weight is 221 g/mol. The lowest BCUT2D eigenvalue weighted by molar-refractivity contribution is -0.145. The number of hydrogen-bond donors (Lipinski definition) is 2. The predicted molar refractivity (Wildman–Crippen MR) is 60.8 cm³/mol. The molecule has 0 bridgehead atoms. The Morgan fingerprint density at radius 2 is 2.25 bits per heavy atom. The molecule has 0 spiro atoms. The number of benzene rings is 1. The Morgan fingerprint density at radius 3 is 2.75 bits per heavy atom. The predicted octanol–water partition coefficient (Wildman–Crippen LogP) is 2.11. The topological polar surface area (TPSA) is 58.6 Å². The van der Waals surface area contributed by atoms with Crippen LogP contribution in [0.4, 0.5) is 5.69 Å². The minimum absolute atomic E-state index is 0.680. The van der Waals surface area contributed by atoms with Gasteiger partial charge in [0.25, 0.3) is 0 Å². The van der Waals surface area contributed by atoms with Crippen molar-refractivity contribution in [1.29, 1.82) is 0 Å². The van der Waals surface area contributed by atoms with Crippen LogP contribution < -0.4 is 10.1 Å². The first-order chi connectivity index (χ1) is 7.66. The minimum atomic E-state index is -0.776. The molecule has 1 aromatic rings. The molecule has 16 heavy (non-hydrogen) atoms. The van der Waals surface area contributed by atoms with Crippen LogP contribution in [0.2, 0.25) is 0 Å². The van der Waals surface area contributed by atoms with E-state index in [9.17, 15) is 9.90 Å². The molecule has 86 valence electrons. The molecule has 2 N–H and O–H groups in total. The average Bonchev–Trinajstić information content (AvgIpc) is 2.23. The first-order valence-electron chi connectivity index (χ1n) is 5.32. The van der Waals surface area contributed by atoms with E-state index >= 15 is 0 Å². The van der Waals surface area contributed by atoms with E-state index in [2.05, 4.69) is 5.32 Å². The van der Waals surface area contributed by atoms with Gasteiger partial charge in [-0.2, -0.15) is 0 Å². The van der Waals surface area contributed by atoms with Gasteiger partial charge in [0.05, 0.1) is 7.11 Å². The van der Waals surface area contributed by atoms with Gasteiger partial charge in [-0.15, -0.1) is 0 Å². The highest BCUT2D eigenvalue weighted by Crippen LogP contribution is 2.36. The summed E-state index contributed by atoms with van der Waals surface area (Å²) in [5, 5.41) is 12.3. The quantitative estimate of drug-likeness (QED) is 0.817. The molecule has 0 aliphatic heterocycles. The second-order valence-corrected chi connectivity index (χ2v) is 4.10. The number of carboxylic acid groups (broad SMARTS) is 1. The van der Waals surface area contributed by atoms with Crippen LogP contribution in [0.25, 0.3) is 0 Å². The van der Waals surface area contributed by atoms with Gasteiger partial charge in [-0.3, -0.25) is 0 Å². The zero-order chi connectivity index (χ0) is 11.6. The van der Waals surface area contributed by atoms with Gasteiger partial charge in [0.2, 0.25) is 0 Å². The van der Waals surface area contributed by atoms with E-state index in [1.807, 2.05) is 24.3 Å². The normalized spacial score (nSPS) is 17.3. The lowest BCUT2D eigenvalue weighted by Crippen LogP contribution is -2.52. The van der Waals surface area contributed by atoms with Gasteiger partial charge < -0.3 is 15.2 Å². The number of ether oxygens (including phenoxy) is 1. The number of anilines is 1. The lowest BCUT2D eigenvalue weighted by Gasteiger charge is -2.39. The highest BCUT2D eigenvalue weighted by atomic mass is 16.5. The van der Waals surface area contributed by atoms with Crippen LogP contribution in [0, 0.1) is 0 Å². The van der Waals surface area contributed by atoms with Crippen LogP contribution in [0.15, 0.2) is 24.3 Å². The Kier molecular flexibility index (Phi) is 2.73. The van der Waals surface area contributed by atoms with Crippen molar-refractivity contribution in [2.75, 3.05) is 12.4 Å². The van der Waals surface area contributed by atoms with Gasteiger partial charge in [-0.1, -0.05) is 6.07 Å². The van der Waals surface area contributed by atoms with E-state index in [1.54, 1.807) is 7.11 Å². The summed E-state index contributed by atoms with van der Waals surface area (Å²) in [5.41, 5.74) is 0.0215. The number of hydrogen-bond acceptors (Lipinski definition) is 3. The summed E-state index contributed by atoms with van der Waals surface area (Å²) < 4.78 is 5.09. The molecule has 0 radical (unpaired) electrons. The molecule has 0 amide bonds.